The van der Waals surface area contributed by atoms with Gasteiger partial charge in [-0.1, -0.05) is 17.7 Å². The number of amides is 2. The molecule has 0 fully saturated rings. The molecule has 22 heavy (non-hydrogen) atoms. The molecule has 0 bridgehead atoms. The van der Waals surface area contributed by atoms with Crippen LogP contribution in [-0.2, 0) is 0 Å². The highest BCUT2D eigenvalue weighted by Crippen LogP contribution is 2.25. The minimum absolute atomic E-state index is 0.0757. The van der Waals surface area contributed by atoms with Gasteiger partial charge in [0, 0.05) is 18.7 Å². The summed E-state index contributed by atoms with van der Waals surface area (Å²) in [6, 6.07) is 8.46. The standard InChI is InChI=1S/C16H17ClN2O2S/c1-3-19(4-2)16(21)11-7-8-12(17)13(10-11)18-15(20)14-6-5-9-22-14/h5-10H,3-4H2,1-2H3,(H,18,20). The third-order valence-electron chi connectivity index (χ3n) is 3.26. The van der Waals surface area contributed by atoms with E-state index < -0.39 is 0 Å². The van der Waals surface area contributed by atoms with Crippen LogP contribution in [-0.4, -0.2) is 29.8 Å². The number of hydrogen-bond acceptors (Lipinski definition) is 3. The first-order chi connectivity index (χ1) is 10.6. The molecule has 6 heteroatoms. The first kappa shape index (κ1) is 16.5. The van der Waals surface area contributed by atoms with Crippen molar-refractivity contribution in [2.24, 2.45) is 0 Å². The zero-order chi connectivity index (χ0) is 16.1. The Morgan fingerprint density at radius 3 is 2.55 bits per heavy atom. The molecule has 0 aliphatic heterocycles. The summed E-state index contributed by atoms with van der Waals surface area (Å²) in [5.74, 6) is -0.308. The summed E-state index contributed by atoms with van der Waals surface area (Å²) in [6.45, 7) is 5.12. The molecule has 2 rings (SSSR count). The van der Waals surface area contributed by atoms with Gasteiger partial charge in [0.05, 0.1) is 15.6 Å². The number of nitrogens with zero attached hydrogens (tertiary/aromatic N) is 1. The minimum Gasteiger partial charge on any atom is -0.339 e. The Hall–Kier alpha value is -1.85. The van der Waals surface area contributed by atoms with E-state index in [4.69, 9.17) is 11.6 Å². The van der Waals surface area contributed by atoms with Crippen molar-refractivity contribution in [1.29, 1.82) is 0 Å². The molecular formula is C16H17ClN2O2S. The quantitative estimate of drug-likeness (QED) is 0.892. The maximum absolute atomic E-state index is 12.4. The number of carbonyl (C=O) groups is 2. The Labute approximate surface area is 138 Å². The summed E-state index contributed by atoms with van der Waals surface area (Å²) in [5.41, 5.74) is 0.952. The average Bonchev–Trinajstić information content (AvgIpc) is 3.05. The summed E-state index contributed by atoms with van der Waals surface area (Å²) in [6.07, 6.45) is 0. The molecule has 0 radical (unpaired) electrons. The lowest BCUT2D eigenvalue weighted by atomic mass is 10.1. The maximum atomic E-state index is 12.4. The lowest BCUT2D eigenvalue weighted by Crippen LogP contribution is -2.30. The number of thiophene rings is 1. The lowest BCUT2D eigenvalue weighted by molar-refractivity contribution is 0.0772. The van der Waals surface area contributed by atoms with Crippen LogP contribution in [0.5, 0.6) is 0 Å². The van der Waals surface area contributed by atoms with E-state index in [0.29, 0.717) is 34.2 Å². The number of halogens is 1. The van der Waals surface area contributed by atoms with Gasteiger partial charge in [-0.25, -0.2) is 0 Å². The molecule has 4 nitrogen and oxygen atoms in total. The van der Waals surface area contributed by atoms with Crippen molar-refractivity contribution < 1.29 is 9.59 Å². The van der Waals surface area contributed by atoms with Crippen LogP contribution < -0.4 is 5.32 Å². The topological polar surface area (TPSA) is 49.4 Å². The van der Waals surface area contributed by atoms with Crippen molar-refractivity contribution in [3.8, 4) is 0 Å². The molecule has 0 atom stereocenters. The number of hydrogen-bond donors (Lipinski definition) is 1. The third kappa shape index (κ3) is 3.67. The number of rotatable bonds is 5. The molecule has 1 N–H and O–H groups in total. The van der Waals surface area contributed by atoms with Crippen LogP contribution in [0, 0.1) is 0 Å². The molecule has 2 aromatic rings. The first-order valence-electron chi connectivity index (χ1n) is 7.00. The predicted octanol–water partition coefficient (Wildman–Crippen LogP) is 4.14. The van der Waals surface area contributed by atoms with E-state index >= 15 is 0 Å². The van der Waals surface area contributed by atoms with E-state index in [0.717, 1.165) is 0 Å². The van der Waals surface area contributed by atoms with E-state index in [1.807, 2.05) is 25.3 Å². The van der Waals surface area contributed by atoms with Crippen LogP contribution in [0.4, 0.5) is 5.69 Å². The minimum atomic E-state index is -0.232. The monoisotopic (exact) mass is 336 g/mol. The lowest BCUT2D eigenvalue weighted by Gasteiger charge is -2.19. The van der Waals surface area contributed by atoms with Crippen LogP contribution in [0.25, 0.3) is 0 Å². The summed E-state index contributed by atoms with van der Waals surface area (Å²) < 4.78 is 0. The van der Waals surface area contributed by atoms with Crippen LogP contribution in [0.15, 0.2) is 35.7 Å². The molecule has 1 aromatic carbocycles. The maximum Gasteiger partial charge on any atom is 0.265 e. The fourth-order valence-electron chi connectivity index (χ4n) is 2.04. The largest absolute Gasteiger partial charge is 0.339 e. The van der Waals surface area contributed by atoms with Crippen molar-refractivity contribution >= 4 is 40.4 Å². The van der Waals surface area contributed by atoms with Gasteiger partial charge in [0.1, 0.15) is 0 Å². The predicted molar refractivity (Wildman–Crippen MR) is 91.0 cm³/mol. The van der Waals surface area contributed by atoms with Crippen molar-refractivity contribution in [1.82, 2.24) is 4.90 Å². The highest BCUT2D eigenvalue weighted by molar-refractivity contribution is 7.12. The highest BCUT2D eigenvalue weighted by Gasteiger charge is 2.15. The normalized spacial score (nSPS) is 10.3. The molecule has 0 aliphatic carbocycles. The van der Waals surface area contributed by atoms with E-state index in [9.17, 15) is 9.59 Å². The van der Waals surface area contributed by atoms with Crippen molar-refractivity contribution in [3.05, 3.63) is 51.2 Å². The van der Waals surface area contributed by atoms with Crippen molar-refractivity contribution in [3.63, 3.8) is 0 Å². The van der Waals surface area contributed by atoms with Crippen LogP contribution >= 0.6 is 22.9 Å². The first-order valence-corrected chi connectivity index (χ1v) is 8.26. The Bertz CT molecular complexity index is 667. The van der Waals surface area contributed by atoms with Crippen LogP contribution in [0.3, 0.4) is 0 Å². The van der Waals surface area contributed by atoms with Gasteiger partial charge in [-0.05, 0) is 43.5 Å². The van der Waals surface area contributed by atoms with Gasteiger partial charge >= 0.3 is 0 Å². The number of nitrogens with one attached hydrogen (secondary N) is 1. The second-order valence-corrected chi connectivity index (χ2v) is 5.96. The second kappa shape index (κ2) is 7.42. The summed E-state index contributed by atoms with van der Waals surface area (Å²) in [7, 11) is 0. The zero-order valence-electron chi connectivity index (χ0n) is 12.4. The van der Waals surface area contributed by atoms with Gasteiger partial charge < -0.3 is 10.2 Å². The number of anilines is 1. The number of carbonyl (C=O) groups excluding carboxylic acids is 2. The van der Waals surface area contributed by atoms with Gasteiger partial charge in [-0.3, -0.25) is 9.59 Å². The molecular weight excluding hydrogens is 320 g/mol. The highest BCUT2D eigenvalue weighted by atomic mass is 35.5. The third-order valence-corrected chi connectivity index (χ3v) is 4.46. The average molecular weight is 337 g/mol. The Balaban J connectivity index is 2.23. The summed E-state index contributed by atoms with van der Waals surface area (Å²) in [4.78, 5) is 26.8. The molecule has 0 aliphatic rings. The van der Waals surface area contributed by atoms with Gasteiger partial charge in [-0.15, -0.1) is 11.3 Å². The molecule has 0 saturated carbocycles. The van der Waals surface area contributed by atoms with Gasteiger partial charge in [0.15, 0.2) is 0 Å². The molecule has 2 amide bonds. The van der Waals surface area contributed by atoms with E-state index in [1.54, 1.807) is 29.2 Å². The Morgan fingerprint density at radius 2 is 1.95 bits per heavy atom. The summed E-state index contributed by atoms with van der Waals surface area (Å²) >= 11 is 7.47. The van der Waals surface area contributed by atoms with Gasteiger partial charge in [0.25, 0.3) is 11.8 Å². The van der Waals surface area contributed by atoms with E-state index in [2.05, 4.69) is 5.32 Å². The number of benzene rings is 1. The smallest absolute Gasteiger partial charge is 0.265 e. The van der Waals surface area contributed by atoms with Gasteiger partial charge in [-0.2, -0.15) is 0 Å². The zero-order valence-corrected chi connectivity index (χ0v) is 14.0. The SMILES string of the molecule is CCN(CC)C(=O)c1ccc(Cl)c(NC(=O)c2cccs2)c1. The fraction of sp³-hybridized carbons (Fsp3) is 0.250. The molecule has 1 heterocycles. The van der Waals surface area contributed by atoms with Crippen LogP contribution in [0.2, 0.25) is 5.02 Å². The molecule has 1 aromatic heterocycles. The molecule has 0 unspecified atom stereocenters. The van der Waals surface area contributed by atoms with E-state index in [1.165, 1.54) is 11.3 Å². The fourth-order valence-corrected chi connectivity index (χ4v) is 2.82. The van der Waals surface area contributed by atoms with Crippen LogP contribution in [0.1, 0.15) is 33.9 Å². The molecule has 0 spiro atoms. The Kier molecular flexibility index (Phi) is 5.57. The van der Waals surface area contributed by atoms with E-state index in [-0.39, 0.29) is 11.8 Å². The molecule has 0 saturated heterocycles. The van der Waals surface area contributed by atoms with Gasteiger partial charge in [0.2, 0.25) is 0 Å². The van der Waals surface area contributed by atoms with Crippen molar-refractivity contribution in [2.45, 2.75) is 13.8 Å². The Morgan fingerprint density at radius 1 is 1.23 bits per heavy atom. The van der Waals surface area contributed by atoms with Crippen molar-refractivity contribution in [2.75, 3.05) is 18.4 Å². The summed E-state index contributed by atoms with van der Waals surface area (Å²) in [5, 5.41) is 4.99. The second-order valence-electron chi connectivity index (χ2n) is 4.60. The molecule has 116 valence electrons.